The minimum absolute atomic E-state index is 0.159. The van der Waals surface area contributed by atoms with Crippen molar-refractivity contribution in [1.82, 2.24) is 15.0 Å². The van der Waals surface area contributed by atoms with Crippen molar-refractivity contribution in [3.05, 3.63) is 34.4 Å². The first-order valence-corrected chi connectivity index (χ1v) is 7.33. The Labute approximate surface area is 141 Å². The lowest BCUT2D eigenvalue weighted by Gasteiger charge is -2.07. The summed E-state index contributed by atoms with van der Waals surface area (Å²) in [5.41, 5.74) is 0.390. The topological polar surface area (TPSA) is 98.1 Å². The van der Waals surface area contributed by atoms with Crippen LogP contribution in [-0.4, -0.2) is 33.6 Å². The first kappa shape index (κ1) is 17.0. The molecule has 2 amide bonds. The van der Waals surface area contributed by atoms with Gasteiger partial charge in [-0.2, -0.15) is 9.90 Å². The minimum atomic E-state index is -0.644. The third-order valence-corrected chi connectivity index (χ3v) is 3.37. The maximum atomic E-state index is 12.0. The van der Waals surface area contributed by atoms with Crippen LogP contribution >= 0.6 is 23.2 Å². The molecule has 0 bridgehead atoms. The molecule has 0 spiro atoms. The molecular formula is C13H13Cl2N5O3. The highest BCUT2D eigenvalue weighted by molar-refractivity contribution is 6.43. The van der Waals surface area contributed by atoms with Crippen molar-refractivity contribution in [2.45, 2.75) is 13.5 Å². The van der Waals surface area contributed by atoms with E-state index >= 15 is 0 Å². The van der Waals surface area contributed by atoms with Gasteiger partial charge in [-0.15, -0.1) is 5.10 Å². The number of rotatable bonds is 5. The molecule has 1 aromatic carbocycles. The smallest absolute Gasteiger partial charge is 0.412 e. The van der Waals surface area contributed by atoms with Gasteiger partial charge in [0, 0.05) is 0 Å². The normalized spacial score (nSPS) is 10.2. The fourth-order valence-electron chi connectivity index (χ4n) is 1.62. The first-order valence-electron chi connectivity index (χ1n) is 6.57. The molecular weight excluding hydrogens is 345 g/mol. The number of carbonyl (C=O) groups is 2. The molecule has 0 radical (unpaired) electrons. The third kappa shape index (κ3) is 4.83. The Kier molecular flexibility index (Phi) is 5.78. The van der Waals surface area contributed by atoms with Crippen LogP contribution < -0.4 is 10.6 Å². The van der Waals surface area contributed by atoms with Crippen LogP contribution in [0.4, 0.5) is 16.3 Å². The van der Waals surface area contributed by atoms with Crippen molar-refractivity contribution < 1.29 is 14.3 Å². The van der Waals surface area contributed by atoms with Crippen molar-refractivity contribution in [3.63, 3.8) is 0 Å². The monoisotopic (exact) mass is 357 g/mol. The number of hydrogen-bond donors (Lipinski definition) is 2. The van der Waals surface area contributed by atoms with E-state index in [1.165, 1.54) is 6.20 Å². The summed E-state index contributed by atoms with van der Waals surface area (Å²) < 4.78 is 4.71. The van der Waals surface area contributed by atoms with Crippen molar-refractivity contribution in [2.75, 3.05) is 17.2 Å². The molecule has 2 N–H and O–H groups in total. The zero-order chi connectivity index (χ0) is 16.8. The van der Waals surface area contributed by atoms with Gasteiger partial charge < -0.3 is 10.1 Å². The molecule has 2 rings (SSSR count). The van der Waals surface area contributed by atoms with E-state index in [1.54, 1.807) is 25.1 Å². The molecule has 0 unspecified atom stereocenters. The molecule has 0 saturated carbocycles. The van der Waals surface area contributed by atoms with Crippen molar-refractivity contribution in [3.8, 4) is 0 Å². The predicted molar refractivity (Wildman–Crippen MR) is 85.8 cm³/mol. The van der Waals surface area contributed by atoms with Crippen LogP contribution in [-0.2, 0) is 16.1 Å². The highest BCUT2D eigenvalue weighted by Crippen LogP contribution is 2.29. The fourth-order valence-corrected chi connectivity index (χ4v) is 1.97. The molecule has 23 heavy (non-hydrogen) atoms. The van der Waals surface area contributed by atoms with E-state index in [2.05, 4.69) is 20.8 Å². The average molecular weight is 358 g/mol. The van der Waals surface area contributed by atoms with Crippen LogP contribution in [0.3, 0.4) is 0 Å². The van der Waals surface area contributed by atoms with Crippen molar-refractivity contribution in [1.29, 1.82) is 0 Å². The number of halogens is 2. The highest BCUT2D eigenvalue weighted by atomic mass is 35.5. The van der Waals surface area contributed by atoms with Gasteiger partial charge in [0.2, 0.25) is 5.91 Å². The second-order valence-corrected chi connectivity index (χ2v) is 5.04. The van der Waals surface area contributed by atoms with E-state index in [9.17, 15) is 9.59 Å². The summed E-state index contributed by atoms with van der Waals surface area (Å²) >= 11 is 11.9. The van der Waals surface area contributed by atoms with Crippen molar-refractivity contribution >= 4 is 46.7 Å². The summed E-state index contributed by atoms with van der Waals surface area (Å²) in [6.45, 7) is 1.76. The maximum absolute atomic E-state index is 12.0. The van der Waals surface area contributed by atoms with Gasteiger partial charge in [-0.3, -0.25) is 10.1 Å². The quantitative estimate of drug-likeness (QED) is 0.857. The van der Waals surface area contributed by atoms with Crippen LogP contribution in [0, 0.1) is 0 Å². The Balaban J connectivity index is 1.94. The Bertz CT molecular complexity index is 719. The van der Waals surface area contributed by atoms with Crippen LogP contribution in [0.25, 0.3) is 0 Å². The van der Waals surface area contributed by atoms with E-state index in [0.29, 0.717) is 10.7 Å². The van der Waals surface area contributed by atoms with Gasteiger partial charge in [0.1, 0.15) is 6.54 Å². The van der Waals surface area contributed by atoms with Gasteiger partial charge in [-0.1, -0.05) is 29.3 Å². The van der Waals surface area contributed by atoms with Crippen LogP contribution in [0.2, 0.25) is 10.0 Å². The number of benzene rings is 1. The molecule has 10 heteroatoms. The molecule has 0 aliphatic rings. The molecule has 0 atom stereocenters. The van der Waals surface area contributed by atoms with Crippen LogP contribution in [0.5, 0.6) is 0 Å². The van der Waals surface area contributed by atoms with E-state index in [0.717, 1.165) is 4.80 Å². The lowest BCUT2D eigenvalue weighted by Crippen LogP contribution is -2.21. The Morgan fingerprint density at radius 3 is 2.83 bits per heavy atom. The molecule has 0 aliphatic carbocycles. The summed E-state index contributed by atoms with van der Waals surface area (Å²) in [7, 11) is 0. The van der Waals surface area contributed by atoms with E-state index in [4.69, 9.17) is 27.9 Å². The SMILES string of the molecule is CCOC(=O)Nc1cnn(CC(=O)Nc2cccc(Cl)c2Cl)n1. The number of hydrogen-bond acceptors (Lipinski definition) is 5. The number of ether oxygens (including phenoxy) is 1. The zero-order valence-electron chi connectivity index (χ0n) is 12.0. The molecule has 0 fully saturated rings. The van der Waals surface area contributed by atoms with Gasteiger partial charge in [0.15, 0.2) is 5.82 Å². The molecule has 0 saturated heterocycles. The second kappa shape index (κ2) is 7.80. The molecule has 122 valence electrons. The Hall–Kier alpha value is -2.32. The molecule has 0 aliphatic heterocycles. The first-order chi connectivity index (χ1) is 11.0. The standard InChI is InChI=1S/C13H13Cl2N5O3/c1-2-23-13(22)18-10-6-16-20(19-10)7-11(21)17-9-5-3-4-8(14)12(9)15/h3-6H,2,7H2,1H3,(H,17,21)(H,18,19,22). The van der Waals surface area contributed by atoms with E-state index in [-0.39, 0.29) is 24.0 Å². The van der Waals surface area contributed by atoms with E-state index in [1.807, 2.05) is 0 Å². The van der Waals surface area contributed by atoms with Crippen molar-refractivity contribution in [2.24, 2.45) is 0 Å². The summed E-state index contributed by atoms with van der Waals surface area (Å²) in [6.07, 6.45) is 0.658. The van der Waals surface area contributed by atoms with Gasteiger partial charge in [-0.25, -0.2) is 4.79 Å². The summed E-state index contributed by atoms with van der Waals surface area (Å²) in [5.74, 6) is -0.218. The number of amides is 2. The summed E-state index contributed by atoms with van der Waals surface area (Å²) in [5, 5.41) is 13.4. The number of anilines is 2. The van der Waals surface area contributed by atoms with Gasteiger partial charge in [-0.05, 0) is 19.1 Å². The molecule has 8 nitrogen and oxygen atoms in total. The zero-order valence-corrected chi connectivity index (χ0v) is 13.6. The Morgan fingerprint density at radius 2 is 2.09 bits per heavy atom. The summed E-state index contributed by atoms with van der Waals surface area (Å²) in [4.78, 5) is 24.3. The fraction of sp³-hybridized carbons (Fsp3) is 0.231. The number of nitrogens with one attached hydrogen (secondary N) is 2. The lowest BCUT2D eigenvalue weighted by molar-refractivity contribution is -0.117. The second-order valence-electron chi connectivity index (χ2n) is 4.26. The highest BCUT2D eigenvalue weighted by Gasteiger charge is 2.11. The number of nitrogens with zero attached hydrogens (tertiary/aromatic N) is 3. The predicted octanol–water partition coefficient (Wildman–Crippen LogP) is 2.79. The summed E-state index contributed by atoms with van der Waals surface area (Å²) in [6, 6.07) is 4.90. The van der Waals surface area contributed by atoms with Gasteiger partial charge in [0.05, 0.1) is 28.5 Å². The average Bonchev–Trinajstić information content (AvgIpc) is 2.91. The van der Waals surface area contributed by atoms with Crippen LogP contribution in [0.15, 0.2) is 24.4 Å². The van der Waals surface area contributed by atoms with Gasteiger partial charge in [0.25, 0.3) is 0 Å². The number of carbonyl (C=O) groups excluding carboxylic acids is 2. The maximum Gasteiger partial charge on any atom is 0.412 e. The largest absolute Gasteiger partial charge is 0.450 e. The van der Waals surface area contributed by atoms with Crippen LogP contribution in [0.1, 0.15) is 6.92 Å². The van der Waals surface area contributed by atoms with E-state index < -0.39 is 12.0 Å². The minimum Gasteiger partial charge on any atom is -0.450 e. The molecule has 1 heterocycles. The third-order valence-electron chi connectivity index (χ3n) is 2.55. The molecule has 1 aromatic heterocycles. The number of aromatic nitrogens is 3. The molecule has 2 aromatic rings. The lowest BCUT2D eigenvalue weighted by atomic mass is 10.3. The Morgan fingerprint density at radius 1 is 1.30 bits per heavy atom. The van der Waals surface area contributed by atoms with Gasteiger partial charge >= 0.3 is 6.09 Å².